The largest absolute Gasteiger partial charge is 0.413 e. The van der Waals surface area contributed by atoms with Crippen LogP contribution in [0.15, 0.2) is 11.6 Å². The third kappa shape index (κ3) is 1.67. The quantitative estimate of drug-likeness (QED) is 0.488. The van der Waals surface area contributed by atoms with Crippen LogP contribution in [0.25, 0.3) is 0 Å². The molecule has 2 aliphatic rings. The van der Waals surface area contributed by atoms with Gasteiger partial charge in [-0.2, -0.15) is 13.2 Å². The topological polar surface area (TPSA) is 3.24 Å². The third-order valence-electron chi connectivity index (χ3n) is 3.40. The zero-order valence-corrected chi connectivity index (χ0v) is 8.44. The van der Waals surface area contributed by atoms with Gasteiger partial charge in [-0.3, -0.25) is 4.90 Å². The fraction of sp³-hybridized carbons (Fsp3) is 0.800. The lowest BCUT2D eigenvalue weighted by Crippen LogP contribution is -2.37. The molecule has 0 aliphatic carbocycles. The lowest BCUT2D eigenvalue weighted by Gasteiger charge is -2.28. The summed E-state index contributed by atoms with van der Waals surface area (Å²) in [6.45, 7) is 1.78. The first kappa shape index (κ1) is 10.9. The van der Waals surface area contributed by atoms with Gasteiger partial charge < -0.3 is 0 Å². The number of hydrogen-bond acceptors (Lipinski definition) is 1. The molecule has 0 saturated carbocycles. The summed E-state index contributed by atoms with van der Waals surface area (Å²) < 4.78 is 50.6. The first-order chi connectivity index (χ1) is 6.87. The molecule has 2 aliphatic heterocycles. The Bertz CT molecular complexity index is 296. The molecule has 15 heavy (non-hydrogen) atoms. The molecule has 0 aromatic heterocycles. The van der Waals surface area contributed by atoms with Crippen molar-refractivity contribution < 1.29 is 17.6 Å². The van der Waals surface area contributed by atoms with E-state index in [-0.39, 0.29) is 19.5 Å². The van der Waals surface area contributed by atoms with E-state index in [0.717, 1.165) is 0 Å². The van der Waals surface area contributed by atoms with Crippen LogP contribution < -0.4 is 0 Å². The van der Waals surface area contributed by atoms with Gasteiger partial charge in [0, 0.05) is 30.6 Å². The minimum Gasteiger partial charge on any atom is -0.287 e. The van der Waals surface area contributed by atoms with Gasteiger partial charge in [0.05, 0.1) is 0 Å². The highest BCUT2D eigenvalue weighted by Crippen LogP contribution is 2.44. The monoisotopic (exact) mass is 223 g/mol. The summed E-state index contributed by atoms with van der Waals surface area (Å²) in [5.41, 5.74) is -1.19. The maximum absolute atomic E-state index is 13.1. The van der Waals surface area contributed by atoms with E-state index in [1.165, 1.54) is 6.08 Å². The predicted octanol–water partition coefficient (Wildman–Crippen LogP) is 2.68. The second kappa shape index (κ2) is 3.20. The Labute approximate surface area is 85.7 Å². The minimum atomic E-state index is -4.27. The summed E-state index contributed by atoms with van der Waals surface area (Å²) in [5.74, 6) is 0. The van der Waals surface area contributed by atoms with Crippen LogP contribution in [0.1, 0.15) is 19.8 Å². The van der Waals surface area contributed by atoms with Crippen LogP contribution in [-0.2, 0) is 0 Å². The van der Waals surface area contributed by atoms with Crippen molar-refractivity contribution in [1.29, 1.82) is 0 Å². The van der Waals surface area contributed by atoms with Crippen LogP contribution in [0, 0.1) is 0 Å². The van der Waals surface area contributed by atoms with Gasteiger partial charge in [-0.1, -0.05) is 13.0 Å². The van der Waals surface area contributed by atoms with E-state index in [1.54, 1.807) is 11.8 Å². The highest BCUT2D eigenvalue weighted by atomic mass is 19.4. The third-order valence-corrected chi connectivity index (χ3v) is 3.40. The molecule has 0 aromatic rings. The number of alkyl halides is 4. The Hall–Kier alpha value is -0.580. The van der Waals surface area contributed by atoms with Crippen molar-refractivity contribution in [1.82, 2.24) is 4.90 Å². The molecule has 1 nitrogen and oxygen atoms in total. The van der Waals surface area contributed by atoms with Crippen molar-refractivity contribution in [2.45, 2.75) is 37.7 Å². The molecule has 0 radical (unpaired) electrons. The Balaban J connectivity index is 2.27. The SMILES string of the molecule is CC[C@@]12C=C(C(F)(F)F)CN1C[C@H](F)C2. The van der Waals surface area contributed by atoms with Crippen molar-refractivity contribution in [3.05, 3.63) is 11.6 Å². The van der Waals surface area contributed by atoms with E-state index in [2.05, 4.69) is 0 Å². The van der Waals surface area contributed by atoms with Crippen molar-refractivity contribution in [3.8, 4) is 0 Å². The van der Waals surface area contributed by atoms with Gasteiger partial charge in [0.15, 0.2) is 0 Å². The molecule has 1 saturated heterocycles. The smallest absolute Gasteiger partial charge is 0.287 e. The average Bonchev–Trinajstić information content (AvgIpc) is 2.55. The Morgan fingerprint density at radius 2 is 2.20 bits per heavy atom. The van der Waals surface area contributed by atoms with Crippen LogP contribution >= 0.6 is 0 Å². The van der Waals surface area contributed by atoms with Gasteiger partial charge in [-0.05, 0) is 6.42 Å². The molecule has 2 heterocycles. The molecule has 2 rings (SSSR count). The summed E-state index contributed by atoms with van der Waals surface area (Å²) in [7, 11) is 0. The van der Waals surface area contributed by atoms with Crippen LogP contribution in [0.2, 0.25) is 0 Å². The van der Waals surface area contributed by atoms with Gasteiger partial charge in [0.1, 0.15) is 6.17 Å². The van der Waals surface area contributed by atoms with Gasteiger partial charge in [0.2, 0.25) is 0 Å². The number of halogens is 4. The molecular formula is C10H13F4N. The van der Waals surface area contributed by atoms with Crippen LogP contribution in [0.3, 0.4) is 0 Å². The molecule has 0 spiro atoms. The van der Waals surface area contributed by atoms with E-state index >= 15 is 0 Å². The fourth-order valence-electron chi connectivity index (χ4n) is 2.59. The lowest BCUT2D eigenvalue weighted by molar-refractivity contribution is -0.0936. The van der Waals surface area contributed by atoms with Gasteiger partial charge in [-0.15, -0.1) is 0 Å². The number of hydrogen-bond donors (Lipinski definition) is 0. The van der Waals surface area contributed by atoms with Gasteiger partial charge in [0.25, 0.3) is 0 Å². The fourth-order valence-corrected chi connectivity index (χ4v) is 2.59. The van der Waals surface area contributed by atoms with E-state index in [0.29, 0.717) is 6.42 Å². The molecule has 0 aromatic carbocycles. The maximum Gasteiger partial charge on any atom is 0.413 e. The zero-order valence-electron chi connectivity index (χ0n) is 8.44. The van der Waals surface area contributed by atoms with E-state index in [4.69, 9.17) is 0 Å². The number of rotatable bonds is 1. The molecule has 0 unspecified atom stereocenters. The summed E-state index contributed by atoms with van der Waals surface area (Å²) >= 11 is 0. The Morgan fingerprint density at radius 1 is 1.53 bits per heavy atom. The number of fused-ring (bicyclic) bond motifs is 1. The van der Waals surface area contributed by atoms with Crippen molar-refractivity contribution in [2.75, 3.05) is 13.1 Å². The van der Waals surface area contributed by atoms with Crippen molar-refractivity contribution >= 4 is 0 Å². The maximum atomic E-state index is 13.1. The lowest BCUT2D eigenvalue weighted by atomic mass is 9.93. The highest BCUT2D eigenvalue weighted by Gasteiger charge is 2.51. The molecule has 2 atom stereocenters. The van der Waals surface area contributed by atoms with Crippen LogP contribution in [0.4, 0.5) is 17.6 Å². The van der Waals surface area contributed by atoms with Crippen LogP contribution in [-0.4, -0.2) is 35.9 Å². The second-order valence-electron chi connectivity index (χ2n) is 4.31. The van der Waals surface area contributed by atoms with Gasteiger partial charge >= 0.3 is 6.18 Å². The summed E-state index contributed by atoms with van der Waals surface area (Å²) in [6, 6.07) is 0. The normalized spacial score (nSPS) is 36.9. The standard InChI is InChI=1S/C10H13F4N/c1-2-9-3-7(10(12,13)14)5-15(9)6-8(11)4-9/h3,8H,2,4-6H2,1H3/t8-,9+/m1/s1. The van der Waals surface area contributed by atoms with Crippen LogP contribution in [0.5, 0.6) is 0 Å². The average molecular weight is 223 g/mol. The minimum absolute atomic E-state index is 0.129. The molecule has 1 fully saturated rings. The van der Waals surface area contributed by atoms with E-state index < -0.39 is 23.5 Å². The molecule has 5 heteroatoms. The summed E-state index contributed by atoms with van der Waals surface area (Å²) in [6.07, 6.45) is -3.29. The molecule has 0 bridgehead atoms. The van der Waals surface area contributed by atoms with E-state index in [9.17, 15) is 17.6 Å². The van der Waals surface area contributed by atoms with E-state index in [1.807, 2.05) is 0 Å². The first-order valence-electron chi connectivity index (χ1n) is 5.05. The molecular weight excluding hydrogens is 210 g/mol. The van der Waals surface area contributed by atoms with Crippen molar-refractivity contribution in [3.63, 3.8) is 0 Å². The predicted molar refractivity (Wildman–Crippen MR) is 48.2 cm³/mol. The Morgan fingerprint density at radius 3 is 2.67 bits per heavy atom. The first-order valence-corrected chi connectivity index (χ1v) is 5.05. The van der Waals surface area contributed by atoms with Crippen molar-refractivity contribution in [2.24, 2.45) is 0 Å². The molecule has 0 N–H and O–H groups in total. The summed E-state index contributed by atoms with van der Waals surface area (Å²) in [5, 5.41) is 0. The number of nitrogens with zero attached hydrogens (tertiary/aromatic N) is 1. The second-order valence-corrected chi connectivity index (χ2v) is 4.31. The Kier molecular flexibility index (Phi) is 2.33. The molecule has 86 valence electrons. The molecule has 0 amide bonds. The zero-order chi connectivity index (χ0) is 11.3. The highest BCUT2D eigenvalue weighted by molar-refractivity contribution is 5.29. The van der Waals surface area contributed by atoms with Gasteiger partial charge in [-0.25, -0.2) is 4.39 Å². The summed E-state index contributed by atoms with van der Waals surface area (Å²) in [4.78, 5) is 1.61.